The molecule has 3 nitrogen and oxygen atoms in total. The number of aromatic nitrogens is 1. The van der Waals surface area contributed by atoms with Crippen molar-refractivity contribution < 1.29 is 10.2 Å². The zero-order valence-electron chi connectivity index (χ0n) is 8.80. The first-order valence-corrected chi connectivity index (χ1v) is 5.10. The monoisotopic (exact) mass is 215 g/mol. The SMILES string of the molecule is OCc1cc(-c2ccccc2)cc(CO)n1. The second-order valence-electron chi connectivity index (χ2n) is 3.52. The van der Waals surface area contributed by atoms with Crippen LogP contribution in [0.25, 0.3) is 11.1 Å². The Morgan fingerprint density at radius 2 is 1.38 bits per heavy atom. The summed E-state index contributed by atoms with van der Waals surface area (Å²) in [5.74, 6) is 0. The third-order valence-electron chi connectivity index (χ3n) is 2.36. The van der Waals surface area contributed by atoms with Crippen molar-refractivity contribution in [2.75, 3.05) is 0 Å². The van der Waals surface area contributed by atoms with Gasteiger partial charge in [0, 0.05) is 0 Å². The first kappa shape index (κ1) is 10.8. The van der Waals surface area contributed by atoms with Crippen LogP contribution in [-0.2, 0) is 13.2 Å². The van der Waals surface area contributed by atoms with Gasteiger partial charge in [-0.15, -0.1) is 0 Å². The van der Waals surface area contributed by atoms with Gasteiger partial charge in [-0.2, -0.15) is 0 Å². The highest BCUT2D eigenvalue weighted by molar-refractivity contribution is 5.63. The predicted octanol–water partition coefficient (Wildman–Crippen LogP) is 1.73. The number of rotatable bonds is 3. The highest BCUT2D eigenvalue weighted by atomic mass is 16.3. The fourth-order valence-corrected chi connectivity index (χ4v) is 1.61. The molecule has 0 spiro atoms. The maximum atomic E-state index is 9.08. The standard InChI is InChI=1S/C13H13NO2/c15-8-12-6-11(7-13(9-16)14-12)10-4-2-1-3-5-10/h1-7,15-16H,8-9H2. The average Bonchev–Trinajstić information content (AvgIpc) is 2.39. The van der Waals surface area contributed by atoms with E-state index < -0.39 is 0 Å². The van der Waals surface area contributed by atoms with Gasteiger partial charge in [-0.05, 0) is 23.3 Å². The molecule has 2 aromatic rings. The molecule has 0 amide bonds. The lowest BCUT2D eigenvalue weighted by molar-refractivity contribution is 0.265. The smallest absolute Gasteiger partial charge is 0.0853 e. The van der Waals surface area contributed by atoms with Crippen LogP contribution < -0.4 is 0 Å². The van der Waals surface area contributed by atoms with E-state index in [0.717, 1.165) is 11.1 Å². The molecule has 0 aliphatic rings. The van der Waals surface area contributed by atoms with E-state index in [-0.39, 0.29) is 13.2 Å². The predicted molar refractivity (Wildman–Crippen MR) is 61.5 cm³/mol. The Bertz CT molecular complexity index is 446. The summed E-state index contributed by atoms with van der Waals surface area (Å²) in [6.45, 7) is -0.235. The van der Waals surface area contributed by atoms with Gasteiger partial charge in [0.1, 0.15) is 0 Å². The second-order valence-corrected chi connectivity index (χ2v) is 3.52. The van der Waals surface area contributed by atoms with Gasteiger partial charge in [0.15, 0.2) is 0 Å². The molecule has 3 heteroatoms. The van der Waals surface area contributed by atoms with E-state index in [9.17, 15) is 0 Å². The Kier molecular flexibility index (Phi) is 3.29. The van der Waals surface area contributed by atoms with Gasteiger partial charge >= 0.3 is 0 Å². The summed E-state index contributed by atoms with van der Waals surface area (Å²) < 4.78 is 0. The minimum absolute atomic E-state index is 0.117. The molecule has 1 aromatic heterocycles. The van der Waals surface area contributed by atoms with Gasteiger partial charge < -0.3 is 10.2 Å². The third kappa shape index (κ3) is 2.27. The van der Waals surface area contributed by atoms with Crippen LogP contribution in [-0.4, -0.2) is 15.2 Å². The Labute approximate surface area is 94.0 Å². The molecule has 2 N–H and O–H groups in total. The van der Waals surface area contributed by atoms with Crippen molar-refractivity contribution in [3.8, 4) is 11.1 Å². The molecular formula is C13H13NO2. The summed E-state index contributed by atoms with van der Waals surface area (Å²) in [7, 11) is 0. The van der Waals surface area contributed by atoms with Crippen molar-refractivity contribution in [3.05, 3.63) is 53.9 Å². The maximum Gasteiger partial charge on any atom is 0.0853 e. The molecule has 0 bridgehead atoms. The molecule has 0 aliphatic carbocycles. The summed E-state index contributed by atoms with van der Waals surface area (Å²) in [6.07, 6.45) is 0. The van der Waals surface area contributed by atoms with Gasteiger partial charge in [-0.1, -0.05) is 30.3 Å². The van der Waals surface area contributed by atoms with Crippen molar-refractivity contribution in [1.29, 1.82) is 0 Å². The fraction of sp³-hybridized carbons (Fsp3) is 0.154. The number of hydrogen-bond acceptors (Lipinski definition) is 3. The molecule has 0 saturated heterocycles. The summed E-state index contributed by atoms with van der Waals surface area (Å²) in [5, 5.41) is 18.2. The maximum absolute atomic E-state index is 9.08. The van der Waals surface area contributed by atoms with E-state index in [4.69, 9.17) is 10.2 Å². The second kappa shape index (κ2) is 4.88. The average molecular weight is 215 g/mol. The van der Waals surface area contributed by atoms with E-state index in [1.54, 1.807) is 0 Å². The van der Waals surface area contributed by atoms with E-state index in [2.05, 4.69) is 4.98 Å². The number of aliphatic hydroxyl groups is 2. The van der Waals surface area contributed by atoms with Crippen LogP contribution in [0.4, 0.5) is 0 Å². The van der Waals surface area contributed by atoms with Crippen molar-refractivity contribution >= 4 is 0 Å². The van der Waals surface area contributed by atoms with E-state index in [1.165, 1.54) is 0 Å². The number of pyridine rings is 1. The highest BCUT2D eigenvalue weighted by Crippen LogP contribution is 2.20. The number of hydrogen-bond donors (Lipinski definition) is 2. The number of aliphatic hydroxyl groups excluding tert-OH is 2. The molecule has 0 atom stereocenters. The molecule has 0 radical (unpaired) electrons. The van der Waals surface area contributed by atoms with Gasteiger partial charge in [-0.25, -0.2) is 0 Å². The van der Waals surface area contributed by atoms with Gasteiger partial charge in [0.05, 0.1) is 24.6 Å². The van der Waals surface area contributed by atoms with Gasteiger partial charge in [0.2, 0.25) is 0 Å². The zero-order valence-corrected chi connectivity index (χ0v) is 8.80. The van der Waals surface area contributed by atoms with Crippen LogP contribution in [0.3, 0.4) is 0 Å². The first-order chi connectivity index (χ1) is 7.83. The lowest BCUT2D eigenvalue weighted by Crippen LogP contribution is -1.96. The quantitative estimate of drug-likeness (QED) is 0.819. The van der Waals surface area contributed by atoms with Crippen molar-refractivity contribution in [2.24, 2.45) is 0 Å². The fourth-order valence-electron chi connectivity index (χ4n) is 1.61. The van der Waals surface area contributed by atoms with Gasteiger partial charge in [-0.3, -0.25) is 4.98 Å². The third-order valence-corrected chi connectivity index (χ3v) is 2.36. The normalized spacial score (nSPS) is 10.4. The molecule has 16 heavy (non-hydrogen) atoms. The lowest BCUT2D eigenvalue weighted by atomic mass is 10.1. The van der Waals surface area contributed by atoms with Crippen LogP contribution >= 0.6 is 0 Å². The topological polar surface area (TPSA) is 53.4 Å². The molecule has 1 aromatic carbocycles. The highest BCUT2D eigenvalue weighted by Gasteiger charge is 2.03. The largest absolute Gasteiger partial charge is 0.390 e. The van der Waals surface area contributed by atoms with Crippen LogP contribution in [0.5, 0.6) is 0 Å². The minimum atomic E-state index is -0.117. The molecule has 0 saturated carbocycles. The van der Waals surface area contributed by atoms with Crippen LogP contribution in [0.15, 0.2) is 42.5 Å². The molecule has 0 unspecified atom stereocenters. The number of benzene rings is 1. The molecular weight excluding hydrogens is 202 g/mol. The summed E-state index contributed by atoms with van der Waals surface area (Å²) in [6, 6.07) is 13.5. The number of nitrogens with zero attached hydrogens (tertiary/aromatic N) is 1. The van der Waals surface area contributed by atoms with Crippen molar-refractivity contribution in [3.63, 3.8) is 0 Å². The molecule has 0 aliphatic heterocycles. The van der Waals surface area contributed by atoms with Crippen molar-refractivity contribution in [1.82, 2.24) is 4.98 Å². The van der Waals surface area contributed by atoms with Crippen molar-refractivity contribution in [2.45, 2.75) is 13.2 Å². The Morgan fingerprint density at radius 3 is 1.88 bits per heavy atom. The van der Waals surface area contributed by atoms with Gasteiger partial charge in [0.25, 0.3) is 0 Å². The minimum Gasteiger partial charge on any atom is -0.390 e. The zero-order chi connectivity index (χ0) is 11.4. The Hall–Kier alpha value is -1.71. The van der Waals surface area contributed by atoms with E-state index >= 15 is 0 Å². The summed E-state index contributed by atoms with van der Waals surface area (Å²) in [5.41, 5.74) is 3.16. The van der Waals surface area contributed by atoms with Crippen LogP contribution in [0.1, 0.15) is 11.4 Å². The summed E-state index contributed by atoms with van der Waals surface area (Å²) >= 11 is 0. The van der Waals surface area contributed by atoms with Crippen LogP contribution in [0, 0.1) is 0 Å². The lowest BCUT2D eigenvalue weighted by Gasteiger charge is -2.06. The Morgan fingerprint density at radius 1 is 0.812 bits per heavy atom. The molecule has 1 heterocycles. The Balaban J connectivity index is 2.48. The molecule has 0 fully saturated rings. The first-order valence-electron chi connectivity index (χ1n) is 5.10. The van der Waals surface area contributed by atoms with Crippen LogP contribution in [0.2, 0.25) is 0 Å². The molecule has 82 valence electrons. The summed E-state index contributed by atoms with van der Waals surface area (Å²) in [4.78, 5) is 4.10. The molecule has 2 rings (SSSR count). The van der Waals surface area contributed by atoms with E-state index in [0.29, 0.717) is 11.4 Å². The van der Waals surface area contributed by atoms with E-state index in [1.807, 2.05) is 42.5 Å².